The molecule has 2 aromatic carbocycles. The Morgan fingerprint density at radius 2 is 1.91 bits per heavy atom. The van der Waals surface area contributed by atoms with Crippen molar-refractivity contribution in [3.05, 3.63) is 59.4 Å². The van der Waals surface area contributed by atoms with Crippen LogP contribution in [0.15, 0.2) is 42.5 Å². The predicted octanol–water partition coefficient (Wildman–Crippen LogP) is 2.85. The van der Waals surface area contributed by atoms with E-state index in [-0.39, 0.29) is 17.0 Å². The van der Waals surface area contributed by atoms with Crippen molar-refractivity contribution in [3.8, 4) is 5.75 Å². The van der Waals surface area contributed by atoms with E-state index in [1.165, 1.54) is 24.3 Å². The zero-order valence-corrected chi connectivity index (χ0v) is 11.8. The number of carboxylic acids is 1. The third-order valence-corrected chi connectivity index (χ3v) is 2.94. The van der Waals surface area contributed by atoms with Gasteiger partial charge >= 0.3 is 5.97 Å². The van der Waals surface area contributed by atoms with Gasteiger partial charge in [-0.3, -0.25) is 4.79 Å². The van der Waals surface area contributed by atoms with Crippen LogP contribution in [0, 0.1) is 12.7 Å². The smallest absolute Gasteiger partial charge is 0.339 e. The number of aryl methyl sites for hydroxylation is 1. The van der Waals surface area contributed by atoms with Gasteiger partial charge in [-0.1, -0.05) is 24.3 Å². The highest BCUT2D eigenvalue weighted by Gasteiger charge is 2.15. The molecular weight excluding hydrogens is 289 g/mol. The maximum Gasteiger partial charge on any atom is 0.339 e. The largest absolute Gasteiger partial charge is 0.483 e. The van der Waals surface area contributed by atoms with E-state index in [0.29, 0.717) is 5.56 Å². The molecule has 2 N–H and O–H groups in total. The Kier molecular flexibility index (Phi) is 4.73. The quantitative estimate of drug-likeness (QED) is 0.890. The Balaban J connectivity index is 2.06. The summed E-state index contributed by atoms with van der Waals surface area (Å²) >= 11 is 0. The standard InChI is InChI=1S/C16H14FNO4/c1-10-5-4-6-11(16(20)21)15(10)22-9-14(19)18-13-8-3-2-7-12(13)17/h2-8H,9H2,1H3,(H,18,19)(H,20,21). The van der Waals surface area contributed by atoms with E-state index in [9.17, 15) is 14.0 Å². The molecule has 0 unspecified atom stereocenters. The molecule has 0 aromatic heterocycles. The minimum Gasteiger partial charge on any atom is -0.483 e. The Labute approximate surface area is 126 Å². The number of anilines is 1. The van der Waals surface area contributed by atoms with E-state index in [1.807, 2.05) is 0 Å². The van der Waals surface area contributed by atoms with Gasteiger partial charge in [-0.25, -0.2) is 9.18 Å². The number of carboxylic acid groups (broad SMARTS) is 1. The van der Waals surface area contributed by atoms with E-state index in [4.69, 9.17) is 9.84 Å². The number of aromatic carboxylic acids is 1. The topological polar surface area (TPSA) is 75.6 Å². The molecule has 0 heterocycles. The molecule has 0 aliphatic heterocycles. The van der Waals surface area contributed by atoms with Crippen molar-refractivity contribution in [1.82, 2.24) is 0 Å². The normalized spacial score (nSPS) is 10.1. The van der Waals surface area contributed by atoms with E-state index in [2.05, 4.69) is 5.32 Å². The monoisotopic (exact) mass is 303 g/mol. The summed E-state index contributed by atoms with van der Waals surface area (Å²) in [4.78, 5) is 22.9. The highest BCUT2D eigenvalue weighted by molar-refractivity contribution is 5.93. The summed E-state index contributed by atoms with van der Waals surface area (Å²) < 4.78 is 18.7. The SMILES string of the molecule is Cc1cccc(C(=O)O)c1OCC(=O)Nc1ccccc1F. The van der Waals surface area contributed by atoms with E-state index in [1.54, 1.807) is 25.1 Å². The van der Waals surface area contributed by atoms with Crippen LogP contribution in [0.4, 0.5) is 10.1 Å². The molecule has 2 rings (SSSR count). The maximum absolute atomic E-state index is 13.4. The fraction of sp³-hybridized carbons (Fsp3) is 0.125. The zero-order chi connectivity index (χ0) is 16.1. The third kappa shape index (κ3) is 3.60. The molecule has 0 fully saturated rings. The van der Waals surface area contributed by atoms with E-state index < -0.39 is 24.3 Å². The van der Waals surface area contributed by atoms with Crippen LogP contribution in [0.25, 0.3) is 0 Å². The first-order valence-electron chi connectivity index (χ1n) is 6.49. The lowest BCUT2D eigenvalue weighted by molar-refractivity contribution is -0.118. The number of carbonyl (C=O) groups is 2. The molecule has 0 radical (unpaired) electrons. The second kappa shape index (κ2) is 6.71. The van der Waals surface area contributed by atoms with Gasteiger partial charge in [-0.05, 0) is 30.7 Å². The number of amides is 1. The minimum absolute atomic E-state index is 0.0290. The lowest BCUT2D eigenvalue weighted by atomic mass is 10.1. The molecule has 0 bridgehead atoms. The van der Waals surface area contributed by atoms with Gasteiger partial charge in [-0.2, -0.15) is 0 Å². The Hall–Kier alpha value is -2.89. The average molecular weight is 303 g/mol. The Morgan fingerprint density at radius 3 is 2.59 bits per heavy atom. The summed E-state index contributed by atoms with van der Waals surface area (Å²) in [6.07, 6.45) is 0. The summed E-state index contributed by atoms with van der Waals surface area (Å²) in [5, 5.41) is 11.5. The highest BCUT2D eigenvalue weighted by Crippen LogP contribution is 2.23. The van der Waals surface area contributed by atoms with Gasteiger partial charge in [0.15, 0.2) is 6.61 Å². The first kappa shape index (κ1) is 15.5. The van der Waals surface area contributed by atoms with Crippen molar-refractivity contribution in [2.45, 2.75) is 6.92 Å². The number of ether oxygens (including phenoxy) is 1. The molecular formula is C16H14FNO4. The molecule has 1 amide bonds. The van der Waals surface area contributed by atoms with Gasteiger partial charge in [-0.15, -0.1) is 0 Å². The number of nitrogens with one attached hydrogen (secondary N) is 1. The third-order valence-electron chi connectivity index (χ3n) is 2.94. The first-order chi connectivity index (χ1) is 10.5. The van der Waals surface area contributed by atoms with Crippen molar-refractivity contribution < 1.29 is 23.8 Å². The summed E-state index contributed by atoms with van der Waals surface area (Å²) in [5.41, 5.74) is 0.608. The fourth-order valence-electron chi connectivity index (χ4n) is 1.90. The van der Waals surface area contributed by atoms with Crippen molar-refractivity contribution in [3.63, 3.8) is 0 Å². The molecule has 5 nitrogen and oxygen atoms in total. The number of halogens is 1. The first-order valence-corrected chi connectivity index (χ1v) is 6.49. The molecule has 2 aromatic rings. The van der Waals surface area contributed by atoms with E-state index >= 15 is 0 Å². The number of para-hydroxylation sites is 2. The van der Waals surface area contributed by atoms with Gasteiger partial charge in [0.1, 0.15) is 17.1 Å². The molecule has 22 heavy (non-hydrogen) atoms. The molecule has 0 atom stereocenters. The van der Waals surface area contributed by atoms with E-state index in [0.717, 1.165) is 0 Å². The number of hydrogen-bond donors (Lipinski definition) is 2. The van der Waals surface area contributed by atoms with Crippen LogP contribution in [0.1, 0.15) is 15.9 Å². The van der Waals surface area contributed by atoms with Crippen LogP contribution >= 0.6 is 0 Å². The fourth-order valence-corrected chi connectivity index (χ4v) is 1.90. The van der Waals surface area contributed by atoms with Crippen molar-refractivity contribution in [2.24, 2.45) is 0 Å². The number of carbonyl (C=O) groups excluding carboxylic acids is 1. The molecule has 6 heteroatoms. The summed E-state index contributed by atoms with van der Waals surface area (Å²) in [5.74, 6) is -2.16. The lowest BCUT2D eigenvalue weighted by Crippen LogP contribution is -2.21. The average Bonchev–Trinajstić information content (AvgIpc) is 2.48. The highest BCUT2D eigenvalue weighted by atomic mass is 19.1. The molecule has 0 saturated heterocycles. The Bertz CT molecular complexity index is 715. The summed E-state index contributed by atoms with van der Waals surface area (Å²) in [6.45, 7) is 1.26. The summed E-state index contributed by atoms with van der Waals surface area (Å²) in [6, 6.07) is 10.4. The van der Waals surface area contributed by atoms with Crippen LogP contribution in [-0.2, 0) is 4.79 Å². The minimum atomic E-state index is -1.15. The zero-order valence-electron chi connectivity index (χ0n) is 11.8. The van der Waals surface area contributed by atoms with Crippen molar-refractivity contribution in [1.29, 1.82) is 0 Å². The van der Waals surface area contributed by atoms with Gasteiger partial charge in [0.05, 0.1) is 5.69 Å². The number of rotatable bonds is 5. The second-order valence-corrected chi connectivity index (χ2v) is 4.57. The van der Waals surface area contributed by atoms with Gasteiger partial charge in [0, 0.05) is 0 Å². The molecule has 0 saturated carbocycles. The van der Waals surface area contributed by atoms with Crippen LogP contribution in [-0.4, -0.2) is 23.6 Å². The predicted molar refractivity (Wildman–Crippen MR) is 78.7 cm³/mol. The molecule has 0 spiro atoms. The summed E-state index contributed by atoms with van der Waals surface area (Å²) in [7, 11) is 0. The van der Waals surface area contributed by atoms with Crippen LogP contribution in [0.5, 0.6) is 5.75 Å². The Morgan fingerprint density at radius 1 is 1.18 bits per heavy atom. The van der Waals surface area contributed by atoms with Crippen molar-refractivity contribution in [2.75, 3.05) is 11.9 Å². The maximum atomic E-state index is 13.4. The lowest BCUT2D eigenvalue weighted by Gasteiger charge is -2.12. The molecule has 114 valence electrons. The van der Waals surface area contributed by atoms with Crippen LogP contribution < -0.4 is 10.1 Å². The van der Waals surface area contributed by atoms with Crippen molar-refractivity contribution >= 4 is 17.6 Å². The van der Waals surface area contributed by atoms with Crippen LogP contribution in [0.2, 0.25) is 0 Å². The van der Waals surface area contributed by atoms with Crippen LogP contribution in [0.3, 0.4) is 0 Å². The van der Waals surface area contributed by atoms with Gasteiger partial charge in [0.2, 0.25) is 0 Å². The molecule has 0 aliphatic carbocycles. The van der Waals surface area contributed by atoms with Gasteiger partial charge < -0.3 is 15.2 Å². The molecule has 0 aliphatic rings. The second-order valence-electron chi connectivity index (χ2n) is 4.57. The number of hydrogen-bond acceptors (Lipinski definition) is 3. The van der Waals surface area contributed by atoms with Gasteiger partial charge in [0.25, 0.3) is 5.91 Å². The number of benzene rings is 2.